The van der Waals surface area contributed by atoms with Gasteiger partial charge in [-0.15, -0.1) is 0 Å². The summed E-state index contributed by atoms with van der Waals surface area (Å²) in [5.74, 6) is 2.92. The standard InChI is InChI=1S/C22H23N3O5/c1-27-16-7-5-15(6-8-16)21-23-22(30-24-21)19-4-3-13-25(19)20(26)14-29-18-11-9-17(28-2)10-12-18/h5-12,19H,3-4,13-14H2,1-2H3/t19-/m0/s1. The van der Waals surface area contributed by atoms with E-state index in [0.29, 0.717) is 24.0 Å². The highest BCUT2D eigenvalue weighted by Crippen LogP contribution is 2.32. The van der Waals surface area contributed by atoms with Gasteiger partial charge in [0.1, 0.15) is 23.3 Å². The van der Waals surface area contributed by atoms with Crippen LogP contribution < -0.4 is 14.2 Å². The van der Waals surface area contributed by atoms with Gasteiger partial charge in [0.25, 0.3) is 5.91 Å². The van der Waals surface area contributed by atoms with E-state index in [1.165, 1.54) is 0 Å². The van der Waals surface area contributed by atoms with Crippen molar-refractivity contribution >= 4 is 5.91 Å². The van der Waals surface area contributed by atoms with Gasteiger partial charge in [-0.25, -0.2) is 0 Å². The van der Waals surface area contributed by atoms with Crippen LogP contribution in [0.15, 0.2) is 53.1 Å². The summed E-state index contributed by atoms with van der Waals surface area (Å²) < 4.78 is 21.4. The number of hydrogen-bond donors (Lipinski definition) is 0. The van der Waals surface area contributed by atoms with Crippen molar-refractivity contribution in [2.45, 2.75) is 18.9 Å². The van der Waals surface area contributed by atoms with Crippen molar-refractivity contribution in [3.05, 3.63) is 54.4 Å². The van der Waals surface area contributed by atoms with E-state index in [-0.39, 0.29) is 18.6 Å². The summed E-state index contributed by atoms with van der Waals surface area (Å²) in [5, 5.41) is 4.08. The molecule has 1 amide bonds. The molecule has 1 fully saturated rings. The summed E-state index contributed by atoms with van der Waals surface area (Å²) in [6.07, 6.45) is 1.65. The molecule has 4 rings (SSSR count). The smallest absolute Gasteiger partial charge is 0.261 e. The molecule has 8 heteroatoms. The Bertz CT molecular complexity index is 985. The summed E-state index contributed by atoms with van der Waals surface area (Å²) in [7, 11) is 3.22. The summed E-state index contributed by atoms with van der Waals surface area (Å²) in [5.41, 5.74) is 0.824. The predicted octanol–water partition coefficient (Wildman–Crippen LogP) is 3.50. The third-order valence-corrected chi connectivity index (χ3v) is 5.07. The average Bonchev–Trinajstić information content (AvgIpc) is 3.47. The molecule has 1 atom stereocenters. The largest absolute Gasteiger partial charge is 0.497 e. The molecule has 1 aliphatic heterocycles. The number of hydrogen-bond acceptors (Lipinski definition) is 7. The van der Waals surface area contributed by atoms with Crippen molar-refractivity contribution in [1.82, 2.24) is 15.0 Å². The molecule has 0 N–H and O–H groups in total. The number of carbonyl (C=O) groups excluding carboxylic acids is 1. The van der Waals surface area contributed by atoms with Crippen molar-refractivity contribution in [3.8, 4) is 28.6 Å². The van der Waals surface area contributed by atoms with E-state index in [1.54, 1.807) is 43.4 Å². The highest BCUT2D eigenvalue weighted by Gasteiger charge is 2.34. The van der Waals surface area contributed by atoms with Gasteiger partial charge < -0.3 is 23.6 Å². The van der Waals surface area contributed by atoms with E-state index in [0.717, 1.165) is 29.9 Å². The third kappa shape index (κ3) is 4.22. The fourth-order valence-electron chi connectivity index (χ4n) is 3.45. The number of nitrogens with zero attached hydrogens (tertiary/aromatic N) is 3. The van der Waals surface area contributed by atoms with E-state index in [4.69, 9.17) is 18.7 Å². The molecule has 3 aromatic rings. The molecule has 0 spiro atoms. The Morgan fingerprint density at radius 3 is 2.33 bits per heavy atom. The van der Waals surface area contributed by atoms with Gasteiger partial charge in [0, 0.05) is 12.1 Å². The van der Waals surface area contributed by atoms with Crippen LogP contribution in [-0.4, -0.2) is 48.3 Å². The van der Waals surface area contributed by atoms with Crippen molar-refractivity contribution in [3.63, 3.8) is 0 Å². The minimum absolute atomic E-state index is 0.0533. The molecular weight excluding hydrogens is 386 g/mol. The molecule has 8 nitrogen and oxygen atoms in total. The maximum atomic E-state index is 12.7. The van der Waals surface area contributed by atoms with Gasteiger partial charge in [-0.1, -0.05) is 5.16 Å². The van der Waals surface area contributed by atoms with Crippen LogP contribution in [0.3, 0.4) is 0 Å². The van der Waals surface area contributed by atoms with Crippen molar-refractivity contribution in [2.75, 3.05) is 27.4 Å². The summed E-state index contributed by atoms with van der Waals surface area (Å²) in [4.78, 5) is 19.0. The molecule has 0 radical (unpaired) electrons. The van der Waals surface area contributed by atoms with E-state index in [1.807, 2.05) is 24.3 Å². The average molecular weight is 409 g/mol. The molecule has 1 aliphatic rings. The SMILES string of the molecule is COc1ccc(OCC(=O)N2CCC[C@H]2c2nc(-c3ccc(OC)cc3)no2)cc1. The van der Waals surface area contributed by atoms with Gasteiger partial charge in [0.2, 0.25) is 11.7 Å². The Morgan fingerprint density at radius 1 is 1.03 bits per heavy atom. The number of carbonyl (C=O) groups is 1. The predicted molar refractivity (Wildman–Crippen MR) is 108 cm³/mol. The Kier molecular flexibility index (Phi) is 5.83. The monoisotopic (exact) mass is 409 g/mol. The third-order valence-electron chi connectivity index (χ3n) is 5.07. The lowest BCUT2D eigenvalue weighted by Crippen LogP contribution is -2.34. The Hall–Kier alpha value is -3.55. The molecule has 1 saturated heterocycles. The molecule has 0 aliphatic carbocycles. The van der Waals surface area contributed by atoms with E-state index >= 15 is 0 Å². The molecular formula is C22H23N3O5. The van der Waals surface area contributed by atoms with Crippen molar-refractivity contribution < 1.29 is 23.5 Å². The van der Waals surface area contributed by atoms with Gasteiger partial charge in [-0.05, 0) is 61.4 Å². The minimum Gasteiger partial charge on any atom is -0.497 e. The lowest BCUT2D eigenvalue weighted by molar-refractivity contribution is -0.134. The van der Waals surface area contributed by atoms with Crippen LogP contribution in [0, 0.1) is 0 Å². The number of rotatable bonds is 7. The minimum atomic E-state index is -0.239. The van der Waals surface area contributed by atoms with Gasteiger partial charge in [0.15, 0.2) is 6.61 Å². The van der Waals surface area contributed by atoms with Crippen LogP contribution in [0.25, 0.3) is 11.4 Å². The van der Waals surface area contributed by atoms with Gasteiger partial charge >= 0.3 is 0 Å². The van der Waals surface area contributed by atoms with Gasteiger partial charge in [0.05, 0.1) is 14.2 Å². The van der Waals surface area contributed by atoms with Crippen LogP contribution in [0.4, 0.5) is 0 Å². The van der Waals surface area contributed by atoms with Gasteiger partial charge in [-0.2, -0.15) is 4.98 Å². The molecule has 30 heavy (non-hydrogen) atoms. The topological polar surface area (TPSA) is 86.9 Å². The zero-order valence-electron chi connectivity index (χ0n) is 16.9. The Balaban J connectivity index is 1.41. The van der Waals surface area contributed by atoms with Crippen LogP contribution in [0.5, 0.6) is 17.2 Å². The van der Waals surface area contributed by atoms with Crippen LogP contribution >= 0.6 is 0 Å². The van der Waals surface area contributed by atoms with E-state index in [2.05, 4.69) is 10.1 Å². The van der Waals surface area contributed by atoms with Crippen molar-refractivity contribution in [1.29, 1.82) is 0 Å². The summed E-state index contributed by atoms with van der Waals surface area (Å²) in [6.45, 7) is 0.581. The second-order valence-corrected chi connectivity index (χ2v) is 6.89. The normalized spacial score (nSPS) is 15.8. The van der Waals surface area contributed by atoms with Gasteiger partial charge in [-0.3, -0.25) is 4.79 Å². The quantitative estimate of drug-likeness (QED) is 0.590. The molecule has 1 aromatic heterocycles. The lowest BCUT2D eigenvalue weighted by Gasteiger charge is -2.21. The van der Waals surface area contributed by atoms with Crippen LogP contribution in [0.2, 0.25) is 0 Å². The first-order valence-corrected chi connectivity index (χ1v) is 9.72. The fraction of sp³-hybridized carbons (Fsp3) is 0.318. The first-order chi connectivity index (χ1) is 14.7. The number of methoxy groups -OCH3 is 2. The van der Waals surface area contributed by atoms with Crippen LogP contribution in [-0.2, 0) is 4.79 Å². The highest BCUT2D eigenvalue weighted by atomic mass is 16.5. The maximum absolute atomic E-state index is 12.7. The Labute approximate surface area is 174 Å². The first kappa shape index (κ1) is 19.8. The lowest BCUT2D eigenvalue weighted by atomic mass is 10.2. The Morgan fingerprint density at radius 2 is 1.67 bits per heavy atom. The number of aromatic nitrogens is 2. The molecule has 0 bridgehead atoms. The highest BCUT2D eigenvalue weighted by molar-refractivity contribution is 5.78. The summed E-state index contributed by atoms with van der Waals surface area (Å²) in [6, 6.07) is 14.3. The van der Waals surface area contributed by atoms with E-state index < -0.39 is 0 Å². The molecule has 156 valence electrons. The summed E-state index contributed by atoms with van der Waals surface area (Å²) >= 11 is 0. The fourth-order valence-corrected chi connectivity index (χ4v) is 3.45. The zero-order chi connectivity index (χ0) is 20.9. The van der Waals surface area contributed by atoms with E-state index in [9.17, 15) is 4.79 Å². The molecule has 0 saturated carbocycles. The maximum Gasteiger partial charge on any atom is 0.261 e. The number of amides is 1. The second kappa shape index (κ2) is 8.86. The zero-order valence-corrected chi connectivity index (χ0v) is 16.9. The molecule has 0 unspecified atom stereocenters. The molecule has 2 heterocycles. The van der Waals surface area contributed by atoms with Crippen molar-refractivity contribution in [2.24, 2.45) is 0 Å². The number of likely N-dealkylation sites (tertiary alicyclic amines) is 1. The number of benzene rings is 2. The number of ether oxygens (including phenoxy) is 3. The second-order valence-electron chi connectivity index (χ2n) is 6.89. The molecule has 2 aromatic carbocycles. The van der Waals surface area contributed by atoms with Crippen LogP contribution in [0.1, 0.15) is 24.8 Å². The first-order valence-electron chi connectivity index (χ1n) is 9.72.